The number of fused-ring (bicyclic) bond motifs is 1. The lowest BCUT2D eigenvalue weighted by Crippen LogP contribution is -2.44. The van der Waals surface area contributed by atoms with E-state index in [-0.39, 0.29) is 16.9 Å². The zero-order valence-electron chi connectivity index (χ0n) is 12.2. The van der Waals surface area contributed by atoms with Gasteiger partial charge in [-0.1, -0.05) is 25.3 Å². The number of hydrogen-bond acceptors (Lipinski definition) is 3. The van der Waals surface area contributed by atoms with Crippen LogP contribution in [-0.4, -0.2) is 30.6 Å². The molecule has 5 nitrogen and oxygen atoms in total. The lowest BCUT2D eigenvalue weighted by atomic mass is 9.73. The maximum atomic E-state index is 12.7. The number of rotatable bonds is 1. The molecule has 1 fully saturated rings. The van der Waals surface area contributed by atoms with Crippen LogP contribution in [0.2, 0.25) is 0 Å². The SMILES string of the molecule is CN1CC2(CCCCC2)C(=O)Nc2cccc(C(=O)O)c21. The number of para-hydroxylation sites is 1. The number of benzene rings is 1. The summed E-state index contributed by atoms with van der Waals surface area (Å²) < 4.78 is 0. The Hall–Kier alpha value is -2.04. The molecule has 0 aromatic heterocycles. The zero-order chi connectivity index (χ0) is 15.0. The second-order valence-electron chi connectivity index (χ2n) is 6.16. The molecule has 0 radical (unpaired) electrons. The van der Waals surface area contributed by atoms with Crippen molar-refractivity contribution in [2.75, 3.05) is 23.8 Å². The second kappa shape index (κ2) is 5.06. The number of nitrogens with zero attached hydrogens (tertiary/aromatic N) is 1. The number of amides is 1. The van der Waals surface area contributed by atoms with Gasteiger partial charge in [-0.3, -0.25) is 4.79 Å². The third-order valence-corrected chi connectivity index (χ3v) is 4.73. The highest BCUT2D eigenvalue weighted by Gasteiger charge is 2.43. The highest BCUT2D eigenvalue weighted by Crippen LogP contribution is 2.43. The van der Waals surface area contributed by atoms with Crippen molar-refractivity contribution < 1.29 is 14.7 Å². The van der Waals surface area contributed by atoms with E-state index in [1.54, 1.807) is 18.2 Å². The van der Waals surface area contributed by atoms with Crippen LogP contribution in [0, 0.1) is 5.41 Å². The predicted molar refractivity (Wildman–Crippen MR) is 80.8 cm³/mol. The standard InChI is InChI=1S/C16H20N2O3/c1-18-10-16(8-3-2-4-9-16)15(21)17-12-7-5-6-11(13(12)18)14(19)20/h5-7H,2-4,8-10H2,1H3,(H,17,21)(H,19,20). The van der Waals surface area contributed by atoms with Gasteiger partial charge in [0, 0.05) is 13.6 Å². The van der Waals surface area contributed by atoms with Crippen molar-refractivity contribution in [1.82, 2.24) is 0 Å². The molecule has 112 valence electrons. The first-order valence-corrected chi connectivity index (χ1v) is 7.42. The van der Waals surface area contributed by atoms with E-state index in [1.807, 2.05) is 11.9 Å². The Kier molecular flexibility index (Phi) is 3.35. The molecule has 1 heterocycles. The molecule has 0 saturated heterocycles. The van der Waals surface area contributed by atoms with Crippen molar-refractivity contribution in [2.24, 2.45) is 5.41 Å². The van der Waals surface area contributed by atoms with Crippen LogP contribution in [0.1, 0.15) is 42.5 Å². The lowest BCUT2D eigenvalue weighted by Gasteiger charge is -2.37. The number of carboxylic acid groups (broad SMARTS) is 1. The monoisotopic (exact) mass is 288 g/mol. The minimum atomic E-state index is -0.965. The van der Waals surface area contributed by atoms with Gasteiger partial charge >= 0.3 is 5.97 Å². The molecule has 0 atom stereocenters. The van der Waals surface area contributed by atoms with Crippen molar-refractivity contribution in [3.05, 3.63) is 23.8 Å². The van der Waals surface area contributed by atoms with Crippen molar-refractivity contribution in [1.29, 1.82) is 0 Å². The zero-order valence-corrected chi connectivity index (χ0v) is 12.2. The summed E-state index contributed by atoms with van der Waals surface area (Å²) in [5, 5.41) is 12.3. The Morgan fingerprint density at radius 2 is 2.00 bits per heavy atom. The maximum absolute atomic E-state index is 12.7. The van der Waals surface area contributed by atoms with Crippen LogP contribution in [-0.2, 0) is 4.79 Å². The molecule has 2 N–H and O–H groups in total. The molecule has 0 unspecified atom stereocenters. The number of hydrogen-bond donors (Lipinski definition) is 2. The van der Waals surface area contributed by atoms with E-state index in [1.165, 1.54) is 6.42 Å². The summed E-state index contributed by atoms with van der Waals surface area (Å²) in [4.78, 5) is 26.1. The van der Waals surface area contributed by atoms with Crippen molar-refractivity contribution in [2.45, 2.75) is 32.1 Å². The topological polar surface area (TPSA) is 69.6 Å². The van der Waals surface area contributed by atoms with E-state index in [2.05, 4.69) is 5.32 Å². The molecule has 1 aromatic rings. The highest BCUT2D eigenvalue weighted by atomic mass is 16.4. The summed E-state index contributed by atoms with van der Waals surface area (Å²) >= 11 is 0. The quantitative estimate of drug-likeness (QED) is 0.833. The number of carboxylic acids is 1. The Balaban J connectivity index is 2.06. The van der Waals surface area contributed by atoms with Crippen LogP contribution in [0.3, 0.4) is 0 Å². The normalized spacial score (nSPS) is 20.6. The Bertz CT molecular complexity index is 591. The van der Waals surface area contributed by atoms with Gasteiger partial charge in [0.2, 0.25) is 5.91 Å². The average molecular weight is 288 g/mol. The van der Waals surface area contributed by atoms with Gasteiger partial charge in [-0.2, -0.15) is 0 Å². The molecule has 2 aliphatic rings. The first-order valence-electron chi connectivity index (χ1n) is 7.42. The molecule has 3 rings (SSSR count). The van der Waals surface area contributed by atoms with Crippen LogP contribution in [0.5, 0.6) is 0 Å². The van der Waals surface area contributed by atoms with E-state index in [9.17, 15) is 14.7 Å². The summed E-state index contributed by atoms with van der Waals surface area (Å²) in [5.41, 5.74) is 1.07. The Morgan fingerprint density at radius 3 is 2.67 bits per heavy atom. The predicted octanol–water partition coefficient (Wildman–Crippen LogP) is 2.72. The van der Waals surface area contributed by atoms with Gasteiger partial charge in [-0.15, -0.1) is 0 Å². The fourth-order valence-corrected chi connectivity index (χ4v) is 3.70. The number of carbonyl (C=O) groups excluding carboxylic acids is 1. The Morgan fingerprint density at radius 1 is 1.29 bits per heavy atom. The van der Waals surface area contributed by atoms with E-state index in [0.717, 1.165) is 25.7 Å². The third kappa shape index (κ3) is 2.26. The van der Waals surface area contributed by atoms with E-state index < -0.39 is 5.97 Å². The molecular formula is C16H20N2O3. The van der Waals surface area contributed by atoms with Gasteiger partial charge in [-0.25, -0.2) is 4.79 Å². The van der Waals surface area contributed by atoms with E-state index in [4.69, 9.17) is 0 Å². The van der Waals surface area contributed by atoms with Gasteiger partial charge < -0.3 is 15.3 Å². The summed E-state index contributed by atoms with van der Waals surface area (Å²) in [7, 11) is 1.88. The van der Waals surface area contributed by atoms with Gasteiger partial charge in [0.05, 0.1) is 22.4 Å². The van der Waals surface area contributed by atoms with Crippen molar-refractivity contribution in [3.8, 4) is 0 Å². The van der Waals surface area contributed by atoms with Gasteiger partial charge in [-0.05, 0) is 25.0 Å². The first kappa shape index (κ1) is 13.9. The summed E-state index contributed by atoms with van der Waals surface area (Å²) in [6.07, 6.45) is 5.04. The van der Waals surface area contributed by atoms with E-state index in [0.29, 0.717) is 17.9 Å². The molecule has 1 amide bonds. The molecule has 1 saturated carbocycles. The van der Waals surface area contributed by atoms with Gasteiger partial charge in [0.25, 0.3) is 0 Å². The smallest absolute Gasteiger partial charge is 0.337 e. The molecule has 1 aromatic carbocycles. The second-order valence-corrected chi connectivity index (χ2v) is 6.16. The summed E-state index contributed by atoms with van der Waals surface area (Å²) in [6, 6.07) is 5.04. The molecule has 1 aliphatic carbocycles. The van der Waals surface area contributed by atoms with E-state index >= 15 is 0 Å². The molecule has 5 heteroatoms. The van der Waals surface area contributed by atoms with Crippen LogP contribution >= 0.6 is 0 Å². The average Bonchev–Trinajstić information content (AvgIpc) is 2.56. The lowest BCUT2D eigenvalue weighted by molar-refractivity contribution is -0.126. The number of anilines is 2. The van der Waals surface area contributed by atoms with Gasteiger partial charge in [0.1, 0.15) is 0 Å². The minimum absolute atomic E-state index is 0.0374. The molecule has 21 heavy (non-hydrogen) atoms. The van der Waals surface area contributed by atoms with Crippen LogP contribution in [0.4, 0.5) is 11.4 Å². The fourth-order valence-electron chi connectivity index (χ4n) is 3.70. The van der Waals surface area contributed by atoms with Crippen molar-refractivity contribution in [3.63, 3.8) is 0 Å². The highest BCUT2D eigenvalue weighted by molar-refractivity contribution is 6.05. The van der Waals surface area contributed by atoms with Crippen LogP contribution in [0.25, 0.3) is 0 Å². The maximum Gasteiger partial charge on any atom is 0.337 e. The van der Waals surface area contributed by atoms with Crippen LogP contribution in [0.15, 0.2) is 18.2 Å². The molecule has 0 bridgehead atoms. The summed E-state index contributed by atoms with van der Waals surface area (Å²) in [6.45, 7) is 0.579. The van der Waals surface area contributed by atoms with Crippen LogP contribution < -0.4 is 10.2 Å². The molecular weight excluding hydrogens is 268 g/mol. The summed E-state index contributed by atoms with van der Waals surface area (Å²) in [5.74, 6) is -0.928. The number of carbonyl (C=O) groups is 2. The van der Waals surface area contributed by atoms with Crippen molar-refractivity contribution >= 4 is 23.3 Å². The minimum Gasteiger partial charge on any atom is -0.478 e. The number of nitrogens with one attached hydrogen (secondary N) is 1. The largest absolute Gasteiger partial charge is 0.478 e. The molecule has 1 spiro atoms. The van der Waals surface area contributed by atoms with Gasteiger partial charge in [0.15, 0.2) is 0 Å². The first-order chi connectivity index (χ1) is 10.0. The number of aromatic carboxylic acids is 1. The molecule has 1 aliphatic heterocycles. The Labute approximate surface area is 123 Å². The third-order valence-electron chi connectivity index (χ3n) is 4.73. The fraction of sp³-hybridized carbons (Fsp3) is 0.500.